The third kappa shape index (κ3) is 3.70. The summed E-state index contributed by atoms with van der Waals surface area (Å²) in [6.45, 7) is 1.42. The molecule has 6 nitrogen and oxygen atoms in total. The molecule has 1 aliphatic heterocycles. The molecule has 7 heteroatoms. The van der Waals surface area contributed by atoms with Crippen molar-refractivity contribution in [2.24, 2.45) is 11.3 Å². The molecule has 2 aromatic carbocycles. The van der Waals surface area contributed by atoms with E-state index < -0.39 is 17.0 Å². The van der Waals surface area contributed by atoms with Crippen LogP contribution in [0.4, 0.5) is 0 Å². The summed E-state index contributed by atoms with van der Waals surface area (Å²) in [5, 5.41) is 0. The van der Waals surface area contributed by atoms with Crippen molar-refractivity contribution in [1.82, 2.24) is 9.55 Å². The molecule has 32 heavy (non-hydrogen) atoms. The summed E-state index contributed by atoms with van der Waals surface area (Å²) in [5.41, 5.74) is 1.26. The molecule has 0 amide bonds. The van der Waals surface area contributed by atoms with Crippen molar-refractivity contribution in [3.8, 4) is 0 Å². The average Bonchev–Trinajstić information content (AvgIpc) is 3.53. The van der Waals surface area contributed by atoms with E-state index in [1.165, 1.54) is 0 Å². The number of halogens is 1. The van der Waals surface area contributed by atoms with Gasteiger partial charge in [-0.3, -0.25) is 14.3 Å². The van der Waals surface area contributed by atoms with Gasteiger partial charge < -0.3 is 9.47 Å². The molecule has 2 heterocycles. The van der Waals surface area contributed by atoms with Gasteiger partial charge in [-0.05, 0) is 23.4 Å². The van der Waals surface area contributed by atoms with Crippen LogP contribution in [0.5, 0.6) is 0 Å². The van der Waals surface area contributed by atoms with E-state index in [-0.39, 0.29) is 11.3 Å². The Morgan fingerprint density at radius 3 is 2.31 bits per heavy atom. The normalized spacial score (nSPS) is 24.1. The van der Waals surface area contributed by atoms with Gasteiger partial charge in [-0.1, -0.05) is 76.6 Å². The monoisotopic (exact) mass is 494 g/mol. The Morgan fingerprint density at radius 1 is 1.03 bits per heavy atom. The highest BCUT2D eigenvalue weighted by Gasteiger charge is 2.59. The van der Waals surface area contributed by atoms with Crippen LogP contribution < -0.4 is 11.2 Å². The minimum Gasteiger partial charge on any atom is -0.342 e. The van der Waals surface area contributed by atoms with Crippen molar-refractivity contribution in [3.05, 3.63) is 109 Å². The summed E-state index contributed by atoms with van der Waals surface area (Å²) < 4.78 is 14.7. The maximum Gasteiger partial charge on any atom is 0.328 e. The van der Waals surface area contributed by atoms with Gasteiger partial charge in [-0.2, -0.15) is 0 Å². The molecule has 5 rings (SSSR count). The third-order valence-electron chi connectivity index (χ3n) is 6.48. The van der Waals surface area contributed by atoms with E-state index in [1.54, 1.807) is 21.8 Å². The van der Waals surface area contributed by atoms with Crippen LogP contribution in [0.3, 0.4) is 0 Å². The Kier molecular flexibility index (Phi) is 5.49. The van der Waals surface area contributed by atoms with Gasteiger partial charge in [-0.25, -0.2) is 4.79 Å². The van der Waals surface area contributed by atoms with Gasteiger partial charge in [0.2, 0.25) is 5.79 Å². The maximum absolute atomic E-state index is 12.5. The number of benzene rings is 2. The second-order valence-corrected chi connectivity index (χ2v) is 9.00. The fourth-order valence-electron chi connectivity index (χ4n) is 4.57. The maximum atomic E-state index is 12.5. The molecule has 3 aromatic rings. The molecule has 1 saturated heterocycles. The first-order chi connectivity index (χ1) is 15.6. The van der Waals surface area contributed by atoms with Gasteiger partial charge in [-0.15, -0.1) is 0 Å². The molecule has 164 valence electrons. The second kappa shape index (κ2) is 8.31. The molecule has 2 atom stereocenters. The van der Waals surface area contributed by atoms with Gasteiger partial charge in [0.25, 0.3) is 5.56 Å². The van der Waals surface area contributed by atoms with Gasteiger partial charge in [0.05, 0.1) is 18.8 Å². The summed E-state index contributed by atoms with van der Waals surface area (Å²) in [7, 11) is 0. The predicted molar refractivity (Wildman–Crippen MR) is 125 cm³/mol. The lowest BCUT2D eigenvalue weighted by molar-refractivity contribution is -0.214. The van der Waals surface area contributed by atoms with Gasteiger partial charge in [0.15, 0.2) is 0 Å². The van der Waals surface area contributed by atoms with Crippen molar-refractivity contribution < 1.29 is 9.47 Å². The van der Waals surface area contributed by atoms with Crippen LogP contribution in [-0.2, 0) is 21.8 Å². The van der Waals surface area contributed by atoms with E-state index in [9.17, 15) is 9.59 Å². The first-order valence-electron chi connectivity index (χ1n) is 10.6. The number of nitrogens with zero attached hydrogens (tertiary/aromatic N) is 1. The molecule has 1 N–H and O–H groups in total. The topological polar surface area (TPSA) is 73.3 Å². The zero-order chi connectivity index (χ0) is 22.2. The van der Waals surface area contributed by atoms with Crippen molar-refractivity contribution in [1.29, 1.82) is 0 Å². The molecule has 2 fully saturated rings. The number of ether oxygens (including phenoxy) is 2. The van der Waals surface area contributed by atoms with Crippen LogP contribution in [0.25, 0.3) is 6.08 Å². The summed E-state index contributed by atoms with van der Waals surface area (Å²) in [6, 6.07) is 19.9. The number of aromatic amines is 1. The molecule has 1 saturated carbocycles. The lowest BCUT2D eigenvalue weighted by atomic mass is 9.96. The lowest BCUT2D eigenvalue weighted by Crippen LogP contribution is -2.37. The van der Waals surface area contributed by atoms with Crippen LogP contribution in [0.15, 0.2) is 81.4 Å². The van der Waals surface area contributed by atoms with E-state index in [4.69, 9.17) is 9.47 Å². The highest BCUT2D eigenvalue weighted by Crippen LogP contribution is 2.58. The Bertz CT molecular complexity index is 1210. The summed E-state index contributed by atoms with van der Waals surface area (Å²) in [5.74, 6) is -0.728. The van der Waals surface area contributed by atoms with Crippen LogP contribution >= 0.6 is 15.9 Å². The Morgan fingerprint density at radius 2 is 1.69 bits per heavy atom. The van der Waals surface area contributed by atoms with Gasteiger partial charge in [0.1, 0.15) is 0 Å². The number of H-pyrrole nitrogens is 1. The van der Waals surface area contributed by atoms with Crippen molar-refractivity contribution >= 4 is 22.0 Å². The SMILES string of the molecule is O=c1[nH]c(=O)n(C[C@@]23COC(c4ccccc4)(c4ccccc4)OC[C@@H]2C3)cc1/C=C/Br. The quantitative estimate of drug-likeness (QED) is 0.584. The number of hydrogen-bond donors (Lipinski definition) is 1. The minimum atomic E-state index is -0.997. The van der Waals surface area contributed by atoms with Crippen LogP contribution in [0.1, 0.15) is 23.1 Å². The van der Waals surface area contributed by atoms with Crippen LogP contribution in [0, 0.1) is 11.3 Å². The van der Waals surface area contributed by atoms with Crippen molar-refractivity contribution in [2.45, 2.75) is 18.8 Å². The zero-order valence-electron chi connectivity index (χ0n) is 17.4. The minimum absolute atomic E-state index is 0.219. The molecular formula is C25H23BrN2O4. The molecule has 0 unspecified atom stereocenters. The molecule has 1 aromatic heterocycles. The smallest absolute Gasteiger partial charge is 0.328 e. The van der Waals surface area contributed by atoms with E-state index in [2.05, 4.69) is 20.9 Å². The molecule has 0 bridgehead atoms. The fourth-order valence-corrected chi connectivity index (χ4v) is 4.86. The van der Waals surface area contributed by atoms with E-state index >= 15 is 0 Å². The molecule has 1 aliphatic carbocycles. The number of nitrogens with one attached hydrogen (secondary N) is 1. The Labute approximate surface area is 193 Å². The fraction of sp³-hybridized carbons (Fsp3) is 0.280. The van der Waals surface area contributed by atoms with Crippen molar-refractivity contribution in [3.63, 3.8) is 0 Å². The number of fused-ring (bicyclic) bond motifs is 1. The number of aromatic nitrogens is 2. The highest BCUT2D eigenvalue weighted by atomic mass is 79.9. The van der Waals surface area contributed by atoms with Gasteiger partial charge >= 0.3 is 5.69 Å². The number of rotatable bonds is 5. The average molecular weight is 495 g/mol. The highest BCUT2D eigenvalue weighted by molar-refractivity contribution is 9.11. The molecule has 2 aliphatic rings. The van der Waals surface area contributed by atoms with E-state index in [0.717, 1.165) is 17.5 Å². The second-order valence-electron chi connectivity index (χ2n) is 8.48. The largest absolute Gasteiger partial charge is 0.342 e. The first-order valence-corrected chi connectivity index (χ1v) is 11.5. The van der Waals surface area contributed by atoms with E-state index in [1.807, 2.05) is 60.7 Å². The predicted octanol–water partition coefficient (Wildman–Crippen LogP) is 3.86. The standard InChI is InChI=1S/C25H23BrN2O4/c26-12-11-18-14-28(23(30)27-22(18)29)16-24-13-21(24)15-31-25(32-17-24,19-7-3-1-4-8-19)20-9-5-2-6-10-20/h1-12,14,21H,13,15-17H2,(H,27,29,30)/b12-11+/t21-,24-/m0/s1. The summed E-state index contributed by atoms with van der Waals surface area (Å²) >= 11 is 3.19. The summed E-state index contributed by atoms with van der Waals surface area (Å²) in [6.07, 6.45) is 4.14. The Balaban J connectivity index is 1.48. The van der Waals surface area contributed by atoms with Crippen LogP contribution in [-0.4, -0.2) is 22.8 Å². The van der Waals surface area contributed by atoms with E-state index in [0.29, 0.717) is 25.3 Å². The molecule has 0 spiro atoms. The third-order valence-corrected chi connectivity index (χ3v) is 6.75. The first kappa shape index (κ1) is 21.1. The van der Waals surface area contributed by atoms with Gasteiger partial charge in [0, 0.05) is 29.3 Å². The Hall–Kier alpha value is -2.74. The molecule has 0 radical (unpaired) electrons. The number of hydrogen-bond acceptors (Lipinski definition) is 4. The lowest BCUT2D eigenvalue weighted by Gasteiger charge is -2.34. The molecular weight excluding hydrogens is 472 g/mol. The van der Waals surface area contributed by atoms with Crippen LogP contribution in [0.2, 0.25) is 0 Å². The van der Waals surface area contributed by atoms with Crippen molar-refractivity contribution in [2.75, 3.05) is 13.2 Å². The zero-order valence-corrected chi connectivity index (χ0v) is 19.0. The summed E-state index contributed by atoms with van der Waals surface area (Å²) in [4.78, 5) is 28.5.